The molecule has 18 heavy (non-hydrogen) atoms. The van der Waals surface area contributed by atoms with Gasteiger partial charge in [-0.3, -0.25) is 0 Å². The second-order valence-corrected chi connectivity index (χ2v) is 5.34. The van der Waals surface area contributed by atoms with Gasteiger partial charge in [-0.05, 0) is 17.9 Å². The molecule has 0 aliphatic heterocycles. The monoisotopic (exact) mass is 261 g/mol. The zero-order valence-corrected chi connectivity index (χ0v) is 11.9. The standard InChI is InChI=1S/C15H19NOS/c1-4-11(2)13-10-18-15(16-13)14(17-3)12-8-6-5-7-9-12/h5-11,14H,4H2,1-3H3. The average molecular weight is 261 g/mol. The Morgan fingerprint density at radius 1 is 1.28 bits per heavy atom. The van der Waals surface area contributed by atoms with Crippen LogP contribution in [-0.4, -0.2) is 12.1 Å². The number of rotatable bonds is 5. The van der Waals surface area contributed by atoms with Crippen LogP contribution in [0.15, 0.2) is 35.7 Å². The molecular weight excluding hydrogens is 242 g/mol. The lowest BCUT2D eigenvalue weighted by Gasteiger charge is -2.12. The molecule has 96 valence electrons. The van der Waals surface area contributed by atoms with Crippen molar-refractivity contribution in [3.8, 4) is 0 Å². The van der Waals surface area contributed by atoms with E-state index in [1.807, 2.05) is 18.2 Å². The molecule has 2 aromatic rings. The molecule has 1 aromatic heterocycles. The van der Waals surface area contributed by atoms with Gasteiger partial charge in [0, 0.05) is 12.5 Å². The number of methoxy groups -OCH3 is 1. The van der Waals surface area contributed by atoms with E-state index in [2.05, 4.69) is 31.4 Å². The van der Waals surface area contributed by atoms with Crippen LogP contribution in [-0.2, 0) is 4.74 Å². The van der Waals surface area contributed by atoms with Crippen LogP contribution in [0.2, 0.25) is 0 Å². The number of hydrogen-bond donors (Lipinski definition) is 0. The SMILES string of the molecule is CCC(C)c1csc(C(OC)c2ccccc2)n1. The Hall–Kier alpha value is -1.19. The topological polar surface area (TPSA) is 22.1 Å². The first-order valence-electron chi connectivity index (χ1n) is 6.29. The molecule has 3 heteroatoms. The lowest BCUT2D eigenvalue weighted by atomic mass is 10.1. The highest BCUT2D eigenvalue weighted by molar-refractivity contribution is 7.09. The number of benzene rings is 1. The minimum atomic E-state index is -0.0472. The molecular formula is C15H19NOS. The van der Waals surface area contributed by atoms with E-state index in [9.17, 15) is 0 Å². The van der Waals surface area contributed by atoms with Crippen molar-refractivity contribution in [2.24, 2.45) is 0 Å². The van der Waals surface area contributed by atoms with Crippen LogP contribution in [0, 0.1) is 0 Å². The first-order chi connectivity index (χ1) is 8.76. The lowest BCUT2D eigenvalue weighted by Crippen LogP contribution is -2.03. The van der Waals surface area contributed by atoms with E-state index in [-0.39, 0.29) is 6.10 Å². The van der Waals surface area contributed by atoms with Gasteiger partial charge in [0.05, 0.1) is 5.69 Å². The van der Waals surface area contributed by atoms with Crippen molar-refractivity contribution >= 4 is 11.3 Å². The summed E-state index contributed by atoms with van der Waals surface area (Å²) in [5.74, 6) is 0.517. The van der Waals surface area contributed by atoms with Gasteiger partial charge in [0.1, 0.15) is 11.1 Å². The number of aromatic nitrogens is 1. The molecule has 0 saturated carbocycles. The molecule has 1 heterocycles. The van der Waals surface area contributed by atoms with Crippen LogP contribution in [0.25, 0.3) is 0 Å². The minimum absolute atomic E-state index is 0.0472. The maximum absolute atomic E-state index is 5.60. The zero-order chi connectivity index (χ0) is 13.0. The highest BCUT2D eigenvalue weighted by Gasteiger charge is 2.18. The molecule has 0 aliphatic carbocycles. The number of thiazole rings is 1. The van der Waals surface area contributed by atoms with Crippen molar-refractivity contribution in [2.75, 3.05) is 7.11 Å². The van der Waals surface area contributed by atoms with Crippen molar-refractivity contribution in [2.45, 2.75) is 32.3 Å². The summed E-state index contributed by atoms with van der Waals surface area (Å²) in [4.78, 5) is 4.72. The molecule has 2 rings (SSSR count). The summed E-state index contributed by atoms with van der Waals surface area (Å²) in [6, 6.07) is 10.2. The number of ether oxygens (including phenoxy) is 1. The van der Waals surface area contributed by atoms with Crippen molar-refractivity contribution < 1.29 is 4.74 Å². The second kappa shape index (κ2) is 6.12. The molecule has 0 spiro atoms. The van der Waals surface area contributed by atoms with Crippen LogP contribution < -0.4 is 0 Å². The van der Waals surface area contributed by atoms with E-state index >= 15 is 0 Å². The predicted molar refractivity (Wildman–Crippen MR) is 76.1 cm³/mol. The normalized spacial score (nSPS) is 14.4. The molecule has 0 amide bonds. The Kier molecular flexibility index (Phi) is 4.50. The van der Waals surface area contributed by atoms with Gasteiger partial charge in [-0.15, -0.1) is 11.3 Å². The second-order valence-electron chi connectivity index (χ2n) is 4.45. The van der Waals surface area contributed by atoms with Crippen molar-refractivity contribution in [1.29, 1.82) is 0 Å². The van der Waals surface area contributed by atoms with E-state index in [0.29, 0.717) is 5.92 Å². The highest BCUT2D eigenvalue weighted by atomic mass is 32.1. The molecule has 0 N–H and O–H groups in total. The summed E-state index contributed by atoms with van der Waals surface area (Å²) < 4.78 is 5.60. The van der Waals surface area contributed by atoms with Crippen LogP contribution >= 0.6 is 11.3 Å². The first-order valence-corrected chi connectivity index (χ1v) is 7.17. The van der Waals surface area contributed by atoms with Crippen molar-refractivity contribution in [3.05, 3.63) is 52.0 Å². The van der Waals surface area contributed by atoms with E-state index < -0.39 is 0 Å². The number of hydrogen-bond acceptors (Lipinski definition) is 3. The van der Waals surface area contributed by atoms with Gasteiger partial charge in [-0.1, -0.05) is 44.2 Å². The van der Waals surface area contributed by atoms with E-state index in [4.69, 9.17) is 9.72 Å². The Balaban J connectivity index is 2.26. The van der Waals surface area contributed by atoms with E-state index in [1.165, 1.54) is 5.69 Å². The van der Waals surface area contributed by atoms with Crippen LogP contribution in [0.3, 0.4) is 0 Å². The Labute approximate surface area is 113 Å². The third-order valence-corrected chi connectivity index (χ3v) is 4.13. The quantitative estimate of drug-likeness (QED) is 0.796. The van der Waals surface area contributed by atoms with Gasteiger partial charge in [0.2, 0.25) is 0 Å². The van der Waals surface area contributed by atoms with Gasteiger partial charge in [0.25, 0.3) is 0 Å². The molecule has 2 nitrogen and oxygen atoms in total. The average Bonchev–Trinajstić information content (AvgIpc) is 2.89. The summed E-state index contributed by atoms with van der Waals surface area (Å²) in [6.07, 6.45) is 1.07. The fraction of sp³-hybridized carbons (Fsp3) is 0.400. The number of nitrogens with zero attached hydrogens (tertiary/aromatic N) is 1. The summed E-state index contributed by atoms with van der Waals surface area (Å²) >= 11 is 1.68. The highest BCUT2D eigenvalue weighted by Crippen LogP contribution is 2.30. The maximum Gasteiger partial charge on any atom is 0.134 e. The summed E-state index contributed by atoms with van der Waals surface area (Å²) in [5.41, 5.74) is 2.33. The Morgan fingerprint density at radius 2 is 2.00 bits per heavy atom. The maximum atomic E-state index is 5.60. The van der Waals surface area contributed by atoms with Gasteiger partial charge >= 0.3 is 0 Å². The predicted octanol–water partition coefficient (Wildman–Crippen LogP) is 4.39. The molecule has 0 fully saturated rings. The molecule has 0 radical (unpaired) electrons. The van der Waals surface area contributed by atoms with Crippen LogP contribution in [0.4, 0.5) is 0 Å². The Morgan fingerprint density at radius 3 is 2.61 bits per heavy atom. The third-order valence-electron chi connectivity index (χ3n) is 3.22. The Bertz CT molecular complexity index is 480. The first kappa shape index (κ1) is 13.2. The molecule has 0 bridgehead atoms. The molecule has 0 aliphatic rings. The largest absolute Gasteiger partial charge is 0.370 e. The van der Waals surface area contributed by atoms with Gasteiger partial charge in [-0.2, -0.15) is 0 Å². The summed E-state index contributed by atoms with van der Waals surface area (Å²) in [6.45, 7) is 4.40. The zero-order valence-electron chi connectivity index (χ0n) is 11.1. The fourth-order valence-corrected chi connectivity index (χ4v) is 2.90. The van der Waals surface area contributed by atoms with Gasteiger partial charge in [0.15, 0.2) is 0 Å². The minimum Gasteiger partial charge on any atom is -0.370 e. The van der Waals surface area contributed by atoms with Gasteiger partial charge in [-0.25, -0.2) is 4.98 Å². The van der Waals surface area contributed by atoms with Crippen molar-refractivity contribution in [1.82, 2.24) is 4.98 Å². The lowest BCUT2D eigenvalue weighted by molar-refractivity contribution is 0.136. The molecule has 0 saturated heterocycles. The van der Waals surface area contributed by atoms with Gasteiger partial charge < -0.3 is 4.74 Å². The van der Waals surface area contributed by atoms with Crippen molar-refractivity contribution in [3.63, 3.8) is 0 Å². The third kappa shape index (κ3) is 2.79. The molecule has 2 atom stereocenters. The molecule has 1 aromatic carbocycles. The summed E-state index contributed by atoms with van der Waals surface area (Å²) in [5, 5.41) is 3.19. The van der Waals surface area contributed by atoms with E-state index in [0.717, 1.165) is 17.0 Å². The van der Waals surface area contributed by atoms with Crippen LogP contribution in [0.1, 0.15) is 48.6 Å². The summed E-state index contributed by atoms with van der Waals surface area (Å²) in [7, 11) is 1.74. The van der Waals surface area contributed by atoms with Crippen LogP contribution in [0.5, 0.6) is 0 Å². The fourth-order valence-electron chi connectivity index (χ4n) is 1.86. The molecule has 2 unspecified atom stereocenters. The smallest absolute Gasteiger partial charge is 0.134 e. The van der Waals surface area contributed by atoms with E-state index in [1.54, 1.807) is 18.4 Å².